The lowest BCUT2D eigenvalue weighted by Crippen LogP contribution is -2.27. The topological polar surface area (TPSA) is 28.2 Å². The molecule has 0 saturated heterocycles. The van der Waals surface area contributed by atoms with E-state index in [-0.39, 0.29) is 0 Å². The van der Waals surface area contributed by atoms with Gasteiger partial charge in [-0.3, -0.25) is 0 Å². The van der Waals surface area contributed by atoms with Gasteiger partial charge in [0.2, 0.25) is 0 Å². The summed E-state index contributed by atoms with van der Waals surface area (Å²) < 4.78 is 0. The van der Waals surface area contributed by atoms with E-state index in [4.69, 9.17) is 11.6 Å². The van der Waals surface area contributed by atoms with Crippen LogP contribution in [0.5, 0.6) is 0 Å². The molecule has 0 fully saturated rings. The summed E-state index contributed by atoms with van der Waals surface area (Å²) in [5.74, 6) is 0. The van der Waals surface area contributed by atoms with Crippen LogP contribution in [0.2, 0.25) is 5.15 Å². The fraction of sp³-hybridized carbons (Fsp3) is 0.727. The fourth-order valence-corrected chi connectivity index (χ4v) is 2.14. The maximum Gasteiger partial charge on any atom is 0.184 e. The van der Waals surface area contributed by atoms with Crippen molar-refractivity contribution in [3.63, 3.8) is 0 Å². The van der Waals surface area contributed by atoms with Gasteiger partial charge in [-0.05, 0) is 40.3 Å². The van der Waals surface area contributed by atoms with Gasteiger partial charge in [-0.1, -0.05) is 11.6 Å². The summed E-state index contributed by atoms with van der Waals surface area (Å²) in [6.07, 6.45) is 2.37. The smallest absolute Gasteiger partial charge is 0.184 e. The molecule has 3 nitrogen and oxygen atoms in total. The first kappa shape index (κ1) is 13.7. The van der Waals surface area contributed by atoms with E-state index in [2.05, 4.69) is 36.1 Å². The van der Waals surface area contributed by atoms with E-state index in [0.29, 0.717) is 11.2 Å². The first-order chi connectivity index (χ1) is 7.59. The summed E-state index contributed by atoms with van der Waals surface area (Å²) in [6.45, 7) is 6.55. The van der Waals surface area contributed by atoms with Crippen LogP contribution in [0, 0.1) is 0 Å². The largest absolute Gasteiger partial charge is 0.361 e. The summed E-state index contributed by atoms with van der Waals surface area (Å²) in [5.41, 5.74) is 0. The number of anilines is 1. The molecule has 92 valence electrons. The lowest BCUT2D eigenvalue weighted by atomic mass is 10.2. The van der Waals surface area contributed by atoms with Gasteiger partial charge in [0.25, 0.3) is 0 Å². The van der Waals surface area contributed by atoms with Gasteiger partial charge >= 0.3 is 0 Å². The van der Waals surface area contributed by atoms with E-state index in [9.17, 15) is 0 Å². The van der Waals surface area contributed by atoms with Crippen LogP contribution in [0.25, 0.3) is 0 Å². The van der Waals surface area contributed by atoms with Crippen LogP contribution in [-0.2, 0) is 0 Å². The molecular weight excluding hydrogens is 242 g/mol. The Bertz CT molecular complexity index is 301. The maximum absolute atomic E-state index is 5.73. The van der Waals surface area contributed by atoms with Crippen LogP contribution in [-0.4, -0.2) is 36.1 Å². The molecule has 0 atom stereocenters. The molecule has 0 aliphatic heterocycles. The second kappa shape index (κ2) is 7.09. The molecule has 1 rings (SSSR count). The van der Waals surface area contributed by atoms with Gasteiger partial charge in [-0.2, -0.15) is 0 Å². The van der Waals surface area contributed by atoms with E-state index in [1.54, 1.807) is 11.3 Å². The van der Waals surface area contributed by atoms with Crippen molar-refractivity contribution in [3.8, 4) is 0 Å². The fourth-order valence-electron chi connectivity index (χ4n) is 1.28. The zero-order valence-corrected chi connectivity index (χ0v) is 11.7. The standard InChI is InChI=1S/C11H20ClN3S/c1-9(2)15(3)7-5-4-6-13-11-14-10(12)8-16-11/h8-9H,4-7H2,1-3H3,(H,13,14). The van der Waals surface area contributed by atoms with Gasteiger partial charge in [0.1, 0.15) is 5.15 Å². The van der Waals surface area contributed by atoms with Crippen LogP contribution in [0.15, 0.2) is 5.38 Å². The second-order valence-electron chi connectivity index (χ2n) is 4.18. The average Bonchev–Trinajstić information content (AvgIpc) is 2.63. The molecule has 5 heteroatoms. The highest BCUT2D eigenvalue weighted by molar-refractivity contribution is 7.14. The Hall–Kier alpha value is -0.320. The van der Waals surface area contributed by atoms with Crippen LogP contribution >= 0.6 is 22.9 Å². The molecule has 1 aromatic rings. The van der Waals surface area contributed by atoms with Gasteiger partial charge < -0.3 is 10.2 Å². The minimum absolute atomic E-state index is 0.576. The molecule has 0 spiro atoms. The van der Waals surface area contributed by atoms with E-state index >= 15 is 0 Å². The number of nitrogens with one attached hydrogen (secondary N) is 1. The van der Waals surface area contributed by atoms with E-state index in [1.165, 1.54) is 6.42 Å². The number of hydrogen-bond acceptors (Lipinski definition) is 4. The minimum atomic E-state index is 0.576. The van der Waals surface area contributed by atoms with E-state index < -0.39 is 0 Å². The second-order valence-corrected chi connectivity index (χ2v) is 5.43. The number of aromatic nitrogens is 1. The van der Waals surface area contributed by atoms with Crippen LogP contribution in [0.3, 0.4) is 0 Å². The number of hydrogen-bond donors (Lipinski definition) is 1. The Morgan fingerprint density at radius 3 is 2.81 bits per heavy atom. The monoisotopic (exact) mass is 261 g/mol. The van der Waals surface area contributed by atoms with Crippen molar-refractivity contribution in [2.24, 2.45) is 0 Å². The third-order valence-corrected chi connectivity index (χ3v) is 3.69. The van der Waals surface area contributed by atoms with Gasteiger partial charge in [-0.25, -0.2) is 4.98 Å². The molecular formula is C11H20ClN3S. The van der Waals surface area contributed by atoms with Crippen molar-refractivity contribution in [2.75, 3.05) is 25.5 Å². The van der Waals surface area contributed by atoms with Crippen molar-refractivity contribution in [1.82, 2.24) is 9.88 Å². The molecule has 0 bridgehead atoms. The quantitative estimate of drug-likeness (QED) is 0.763. The molecule has 0 saturated carbocycles. The Labute approximate surface area is 107 Å². The lowest BCUT2D eigenvalue weighted by Gasteiger charge is -2.20. The highest BCUT2D eigenvalue weighted by Crippen LogP contribution is 2.18. The molecule has 1 aromatic heterocycles. The molecule has 16 heavy (non-hydrogen) atoms. The zero-order valence-electron chi connectivity index (χ0n) is 10.2. The van der Waals surface area contributed by atoms with Crippen molar-refractivity contribution in [1.29, 1.82) is 0 Å². The average molecular weight is 262 g/mol. The summed E-state index contributed by atoms with van der Waals surface area (Å²) in [6, 6.07) is 0.630. The Balaban J connectivity index is 2.04. The predicted octanol–water partition coefficient (Wildman–Crippen LogP) is 3.33. The summed E-state index contributed by atoms with van der Waals surface area (Å²) in [5, 5.41) is 6.61. The van der Waals surface area contributed by atoms with Crippen molar-refractivity contribution in [2.45, 2.75) is 32.7 Å². The highest BCUT2D eigenvalue weighted by Gasteiger charge is 2.02. The highest BCUT2D eigenvalue weighted by atomic mass is 35.5. The molecule has 0 amide bonds. The minimum Gasteiger partial charge on any atom is -0.361 e. The van der Waals surface area contributed by atoms with Crippen LogP contribution in [0.1, 0.15) is 26.7 Å². The Kier molecular flexibility index (Phi) is 6.09. The summed E-state index contributed by atoms with van der Waals surface area (Å²) in [7, 11) is 2.17. The first-order valence-corrected chi connectivity index (χ1v) is 6.90. The number of halogens is 1. The van der Waals surface area contributed by atoms with Crippen molar-refractivity contribution < 1.29 is 0 Å². The maximum atomic E-state index is 5.73. The molecule has 1 N–H and O–H groups in total. The molecule has 0 aliphatic carbocycles. The van der Waals surface area contributed by atoms with Gasteiger partial charge in [0, 0.05) is 18.0 Å². The van der Waals surface area contributed by atoms with E-state index in [0.717, 1.165) is 24.6 Å². The zero-order chi connectivity index (χ0) is 12.0. The van der Waals surface area contributed by atoms with Crippen LogP contribution < -0.4 is 5.32 Å². The Morgan fingerprint density at radius 1 is 1.50 bits per heavy atom. The van der Waals surface area contributed by atoms with E-state index in [1.807, 2.05) is 5.38 Å². The molecule has 0 aliphatic rings. The normalized spacial score (nSPS) is 11.4. The number of rotatable bonds is 7. The van der Waals surface area contributed by atoms with Crippen LogP contribution in [0.4, 0.5) is 5.13 Å². The number of thiazole rings is 1. The summed E-state index contributed by atoms with van der Waals surface area (Å²) >= 11 is 7.28. The Morgan fingerprint density at radius 2 is 2.25 bits per heavy atom. The molecule has 0 unspecified atom stereocenters. The number of unbranched alkanes of at least 4 members (excludes halogenated alkanes) is 1. The molecule has 0 radical (unpaired) electrons. The summed E-state index contributed by atoms with van der Waals surface area (Å²) in [4.78, 5) is 6.50. The van der Waals surface area contributed by atoms with Crippen molar-refractivity contribution in [3.05, 3.63) is 10.5 Å². The molecule has 0 aromatic carbocycles. The van der Waals surface area contributed by atoms with Crippen molar-refractivity contribution >= 4 is 28.1 Å². The first-order valence-electron chi connectivity index (χ1n) is 5.64. The third-order valence-electron chi connectivity index (χ3n) is 2.57. The SMILES string of the molecule is CC(C)N(C)CCCCNc1nc(Cl)cs1. The number of nitrogens with zero attached hydrogens (tertiary/aromatic N) is 2. The van der Waals surface area contributed by atoms with Gasteiger partial charge in [0.05, 0.1) is 0 Å². The lowest BCUT2D eigenvalue weighted by molar-refractivity contribution is 0.269. The van der Waals surface area contributed by atoms with Gasteiger partial charge in [-0.15, -0.1) is 11.3 Å². The predicted molar refractivity (Wildman–Crippen MR) is 72.6 cm³/mol. The van der Waals surface area contributed by atoms with Gasteiger partial charge in [0.15, 0.2) is 5.13 Å². The third kappa shape index (κ3) is 5.14. The molecule has 1 heterocycles.